The number of nitrogens with zero attached hydrogens (tertiary/aromatic N) is 2. The van der Waals surface area contributed by atoms with Gasteiger partial charge in [-0.15, -0.1) is 0 Å². The number of piperidine rings is 1. The highest BCUT2D eigenvalue weighted by atomic mass is 19.4. The Balaban J connectivity index is 0.000000333. The number of rotatable bonds is 5. The summed E-state index contributed by atoms with van der Waals surface area (Å²) in [6.07, 6.45) is -1.59. The third kappa shape index (κ3) is 11.3. The minimum atomic E-state index is -5.08. The first-order valence-electron chi connectivity index (χ1n) is 12.4. The van der Waals surface area contributed by atoms with E-state index in [4.69, 9.17) is 29.3 Å². The minimum absolute atomic E-state index is 0.0473. The Bertz CT molecular complexity index is 935. The van der Waals surface area contributed by atoms with Gasteiger partial charge in [0.2, 0.25) is 5.91 Å². The monoisotopic (exact) mass is 587 g/mol. The summed E-state index contributed by atoms with van der Waals surface area (Å²) >= 11 is 0. The molecule has 40 heavy (non-hydrogen) atoms. The van der Waals surface area contributed by atoms with Crippen molar-refractivity contribution in [3.05, 3.63) is 30.1 Å². The predicted molar refractivity (Wildman–Crippen MR) is 125 cm³/mol. The summed E-state index contributed by atoms with van der Waals surface area (Å²) in [6.45, 7) is 4.49. The number of ether oxygens (including phenoxy) is 2. The van der Waals surface area contributed by atoms with E-state index in [0.29, 0.717) is 18.5 Å². The lowest BCUT2D eigenvalue weighted by atomic mass is 9.90. The summed E-state index contributed by atoms with van der Waals surface area (Å²) in [5.74, 6) is -4.94. The van der Waals surface area contributed by atoms with E-state index in [2.05, 4.69) is 15.2 Å². The Labute approximate surface area is 225 Å². The molecule has 4 rings (SSSR count). The van der Waals surface area contributed by atoms with Crippen molar-refractivity contribution in [3.63, 3.8) is 0 Å². The maximum atomic E-state index is 12.5. The Kier molecular flexibility index (Phi) is 12.6. The molecule has 3 atom stereocenters. The number of fused-ring (bicyclic) bond motifs is 1. The zero-order chi connectivity index (χ0) is 29.9. The van der Waals surface area contributed by atoms with Gasteiger partial charge in [0, 0.05) is 44.7 Å². The lowest BCUT2D eigenvalue weighted by Crippen LogP contribution is -2.49. The number of aromatic nitrogens is 1. The maximum absolute atomic E-state index is 12.5. The van der Waals surface area contributed by atoms with Crippen molar-refractivity contribution in [1.82, 2.24) is 15.2 Å². The van der Waals surface area contributed by atoms with Crippen molar-refractivity contribution in [2.75, 3.05) is 32.8 Å². The molecule has 3 saturated heterocycles. The fraction of sp³-hybridized carbons (Fsp3) is 0.667. The van der Waals surface area contributed by atoms with Gasteiger partial charge in [0.25, 0.3) is 0 Å². The Hall–Kier alpha value is -2.98. The fourth-order valence-corrected chi connectivity index (χ4v) is 4.50. The van der Waals surface area contributed by atoms with Crippen molar-refractivity contribution in [2.45, 2.75) is 62.7 Å². The Morgan fingerprint density at radius 2 is 1.52 bits per heavy atom. The molecule has 0 bridgehead atoms. The molecule has 0 radical (unpaired) electrons. The second-order valence-corrected chi connectivity index (χ2v) is 9.29. The first kappa shape index (κ1) is 33.2. The van der Waals surface area contributed by atoms with Crippen molar-refractivity contribution < 1.29 is 60.4 Å². The molecule has 1 aromatic rings. The first-order chi connectivity index (χ1) is 18.7. The first-order valence-corrected chi connectivity index (χ1v) is 12.4. The average molecular weight is 588 g/mol. The molecule has 1 aromatic heterocycles. The van der Waals surface area contributed by atoms with Crippen LogP contribution in [-0.2, 0) is 30.3 Å². The molecule has 226 valence electrons. The standard InChI is InChI=1S/C20H29N3O3.2C2HF3O2/c24-20(22-9-3-15-1-7-21-8-2-15)18-13-16-4-10-23(14-19(16)26-18)17-5-11-25-12-6-17;2*3-2(4,5)1(6)7/h1-2,7-8,16-19H,3-6,9-14H2,(H,22,24);2*(H,6,7)/t16-,18+,19+;;/m0../s1. The molecule has 0 unspecified atom stereocenters. The Morgan fingerprint density at radius 1 is 0.975 bits per heavy atom. The largest absolute Gasteiger partial charge is 0.490 e. The van der Waals surface area contributed by atoms with Crippen LogP contribution in [0.2, 0.25) is 0 Å². The number of carboxylic acid groups (broad SMARTS) is 2. The van der Waals surface area contributed by atoms with Crippen LogP contribution in [0.1, 0.15) is 31.2 Å². The highest BCUT2D eigenvalue weighted by Crippen LogP contribution is 2.35. The number of likely N-dealkylation sites (tertiary alicyclic amines) is 1. The summed E-state index contributed by atoms with van der Waals surface area (Å²) in [5.41, 5.74) is 1.19. The van der Waals surface area contributed by atoms with Crippen LogP contribution in [0.5, 0.6) is 0 Å². The molecule has 10 nitrogen and oxygen atoms in total. The number of amides is 1. The van der Waals surface area contributed by atoms with Crippen LogP contribution in [0.3, 0.4) is 0 Å². The third-order valence-electron chi connectivity index (χ3n) is 6.53. The SMILES string of the molecule is O=C(NCCc1ccncc1)[C@H]1C[C@@H]2CCN(C3CCOCC3)C[C@H]2O1.O=C(O)C(F)(F)F.O=C(O)C(F)(F)F. The summed E-state index contributed by atoms with van der Waals surface area (Å²) in [7, 11) is 0. The van der Waals surface area contributed by atoms with Gasteiger partial charge in [-0.3, -0.25) is 14.7 Å². The van der Waals surface area contributed by atoms with Crippen LogP contribution in [0, 0.1) is 5.92 Å². The van der Waals surface area contributed by atoms with Gasteiger partial charge in [0.15, 0.2) is 0 Å². The van der Waals surface area contributed by atoms with E-state index in [9.17, 15) is 31.1 Å². The van der Waals surface area contributed by atoms with Crippen LogP contribution in [0.25, 0.3) is 0 Å². The number of alkyl halides is 6. The van der Waals surface area contributed by atoms with E-state index >= 15 is 0 Å². The summed E-state index contributed by atoms with van der Waals surface area (Å²) < 4.78 is 75.1. The maximum Gasteiger partial charge on any atom is 0.490 e. The average Bonchev–Trinajstić information content (AvgIpc) is 3.33. The Morgan fingerprint density at radius 3 is 2.05 bits per heavy atom. The van der Waals surface area contributed by atoms with Gasteiger partial charge >= 0.3 is 24.3 Å². The van der Waals surface area contributed by atoms with E-state index in [1.807, 2.05) is 12.1 Å². The molecular formula is C24H31F6N3O7. The highest BCUT2D eigenvalue weighted by Gasteiger charge is 2.43. The number of pyridine rings is 1. The number of hydrogen-bond acceptors (Lipinski definition) is 7. The van der Waals surface area contributed by atoms with Gasteiger partial charge in [-0.2, -0.15) is 26.3 Å². The highest BCUT2D eigenvalue weighted by molar-refractivity contribution is 5.81. The number of carboxylic acids is 2. The molecule has 1 amide bonds. The molecule has 0 saturated carbocycles. The van der Waals surface area contributed by atoms with E-state index in [-0.39, 0.29) is 18.1 Å². The molecule has 3 aliphatic rings. The van der Waals surface area contributed by atoms with Crippen molar-refractivity contribution in [3.8, 4) is 0 Å². The molecule has 3 aliphatic heterocycles. The number of carbonyl (C=O) groups excluding carboxylic acids is 1. The van der Waals surface area contributed by atoms with Crippen molar-refractivity contribution in [2.24, 2.45) is 5.92 Å². The second kappa shape index (κ2) is 15.1. The number of carbonyl (C=O) groups is 3. The van der Waals surface area contributed by atoms with Crippen LogP contribution in [-0.4, -0.2) is 101 Å². The van der Waals surface area contributed by atoms with Gasteiger partial charge in [0.05, 0.1) is 6.10 Å². The van der Waals surface area contributed by atoms with Crippen molar-refractivity contribution >= 4 is 17.8 Å². The quantitative estimate of drug-likeness (QED) is 0.444. The topological polar surface area (TPSA) is 138 Å². The zero-order valence-corrected chi connectivity index (χ0v) is 21.3. The van der Waals surface area contributed by atoms with Crippen LogP contribution in [0.4, 0.5) is 26.3 Å². The van der Waals surface area contributed by atoms with Crippen LogP contribution >= 0.6 is 0 Å². The smallest absolute Gasteiger partial charge is 0.475 e. The van der Waals surface area contributed by atoms with Gasteiger partial charge in [-0.05, 0) is 62.3 Å². The molecule has 0 aromatic carbocycles. The normalized spacial score (nSPS) is 23.5. The summed E-state index contributed by atoms with van der Waals surface area (Å²) in [6, 6.07) is 4.59. The minimum Gasteiger partial charge on any atom is -0.475 e. The van der Waals surface area contributed by atoms with E-state index < -0.39 is 24.3 Å². The van der Waals surface area contributed by atoms with Gasteiger partial charge in [-0.1, -0.05) is 0 Å². The van der Waals surface area contributed by atoms with Gasteiger partial charge in [0.1, 0.15) is 6.10 Å². The lowest BCUT2D eigenvalue weighted by Gasteiger charge is -2.40. The second-order valence-electron chi connectivity index (χ2n) is 9.29. The number of halogens is 6. The van der Waals surface area contributed by atoms with E-state index in [0.717, 1.165) is 58.4 Å². The third-order valence-corrected chi connectivity index (χ3v) is 6.53. The number of nitrogens with one attached hydrogen (secondary N) is 1. The molecule has 3 N–H and O–H groups in total. The molecule has 0 aliphatic carbocycles. The summed E-state index contributed by atoms with van der Waals surface area (Å²) in [5, 5.41) is 17.3. The van der Waals surface area contributed by atoms with Gasteiger partial charge < -0.3 is 25.0 Å². The van der Waals surface area contributed by atoms with E-state index in [1.165, 1.54) is 5.56 Å². The van der Waals surface area contributed by atoms with Gasteiger partial charge in [-0.25, -0.2) is 9.59 Å². The molecule has 4 heterocycles. The van der Waals surface area contributed by atoms with E-state index in [1.54, 1.807) is 12.4 Å². The fourth-order valence-electron chi connectivity index (χ4n) is 4.50. The predicted octanol–water partition coefficient (Wildman–Crippen LogP) is 2.67. The zero-order valence-electron chi connectivity index (χ0n) is 21.3. The molecule has 16 heteroatoms. The lowest BCUT2D eigenvalue weighted by molar-refractivity contribution is -0.193. The number of hydrogen-bond donors (Lipinski definition) is 3. The number of aliphatic carboxylic acids is 2. The molecular weight excluding hydrogens is 556 g/mol. The van der Waals surface area contributed by atoms with Crippen molar-refractivity contribution in [1.29, 1.82) is 0 Å². The molecule has 3 fully saturated rings. The van der Waals surface area contributed by atoms with Crippen LogP contribution < -0.4 is 5.32 Å². The van der Waals surface area contributed by atoms with Crippen LogP contribution in [0.15, 0.2) is 24.5 Å². The molecule has 0 spiro atoms. The summed E-state index contributed by atoms with van der Waals surface area (Å²) in [4.78, 5) is 36.9.